The van der Waals surface area contributed by atoms with Crippen LogP contribution < -0.4 is 10.1 Å². The molecule has 0 saturated heterocycles. The second-order valence-electron chi connectivity index (χ2n) is 4.31. The van der Waals surface area contributed by atoms with Gasteiger partial charge in [0.1, 0.15) is 11.6 Å². The van der Waals surface area contributed by atoms with Crippen LogP contribution in [-0.2, 0) is 6.42 Å². The van der Waals surface area contributed by atoms with Crippen LogP contribution in [-0.4, -0.2) is 18.6 Å². The van der Waals surface area contributed by atoms with Crippen LogP contribution in [0.25, 0.3) is 0 Å². The van der Waals surface area contributed by atoms with Crippen LogP contribution in [0.15, 0.2) is 41.0 Å². The van der Waals surface area contributed by atoms with Gasteiger partial charge in [0.05, 0.1) is 7.11 Å². The molecule has 2 aromatic rings. The highest BCUT2D eigenvalue weighted by Gasteiger charge is 2.03. The number of aryl methyl sites for hydroxylation is 1. The summed E-state index contributed by atoms with van der Waals surface area (Å²) in [5, 5.41) is 3.35. The fourth-order valence-corrected chi connectivity index (χ4v) is 2.40. The van der Waals surface area contributed by atoms with Crippen molar-refractivity contribution in [2.24, 2.45) is 0 Å². The van der Waals surface area contributed by atoms with Crippen LogP contribution in [0, 0.1) is 6.92 Å². The van der Waals surface area contributed by atoms with E-state index in [1.165, 1.54) is 5.56 Å². The molecular weight excluding hydrogens is 304 g/mol. The fourth-order valence-electron chi connectivity index (χ4n) is 1.95. The van der Waals surface area contributed by atoms with Crippen molar-refractivity contribution in [3.05, 3.63) is 52.1 Å². The molecule has 0 amide bonds. The number of nitrogens with zero attached hydrogens (tertiary/aromatic N) is 1. The van der Waals surface area contributed by atoms with E-state index in [4.69, 9.17) is 4.74 Å². The van der Waals surface area contributed by atoms with Crippen LogP contribution >= 0.6 is 15.9 Å². The second-order valence-corrected chi connectivity index (χ2v) is 5.22. The van der Waals surface area contributed by atoms with E-state index < -0.39 is 0 Å². The standard InChI is InChI=1S/C15H17BrN2O/c1-11-9-13(16)10-18-15(11)17-8-7-12-5-3-4-6-14(12)19-2/h3-6,9-10H,7-8H2,1-2H3,(H,17,18). The Bertz CT molecular complexity index is 558. The molecule has 0 radical (unpaired) electrons. The maximum atomic E-state index is 5.34. The predicted molar refractivity (Wildman–Crippen MR) is 81.9 cm³/mol. The van der Waals surface area contributed by atoms with E-state index in [0.717, 1.165) is 34.6 Å². The zero-order valence-corrected chi connectivity index (χ0v) is 12.7. The summed E-state index contributed by atoms with van der Waals surface area (Å²) in [5.74, 6) is 1.86. The zero-order valence-electron chi connectivity index (χ0n) is 11.1. The van der Waals surface area contributed by atoms with Crippen molar-refractivity contribution >= 4 is 21.7 Å². The Morgan fingerprint density at radius 2 is 2.11 bits per heavy atom. The Kier molecular flexibility index (Phi) is 4.80. The largest absolute Gasteiger partial charge is 0.496 e. The maximum absolute atomic E-state index is 5.34. The van der Waals surface area contributed by atoms with E-state index in [2.05, 4.69) is 38.4 Å². The SMILES string of the molecule is COc1ccccc1CCNc1ncc(Br)cc1C. The minimum atomic E-state index is 0.829. The first-order valence-corrected chi connectivity index (χ1v) is 6.98. The molecule has 0 aliphatic carbocycles. The van der Waals surface area contributed by atoms with Crippen molar-refractivity contribution in [1.29, 1.82) is 0 Å². The van der Waals surface area contributed by atoms with Crippen LogP contribution in [0.4, 0.5) is 5.82 Å². The summed E-state index contributed by atoms with van der Waals surface area (Å²) in [6.45, 7) is 2.87. The van der Waals surface area contributed by atoms with Crippen molar-refractivity contribution in [2.75, 3.05) is 19.0 Å². The summed E-state index contributed by atoms with van der Waals surface area (Å²) in [6.07, 6.45) is 2.71. The molecule has 0 spiro atoms. The molecule has 1 aromatic carbocycles. The molecule has 0 atom stereocenters. The van der Waals surface area contributed by atoms with Crippen molar-refractivity contribution in [1.82, 2.24) is 4.98 Å². The van der Waals surface area contributed by atoms with E-state index >= 15 is 0 Å². The second kappa shape index (κ2) is 6.57. The third kappa shape index (κ3) is 3.70. The van der Waals surface area contributed by atoms with Gasteiger partial charge in [-0.05, 0) is 52.5 Å². The zero-order chi connectivity index (χ0) is 13.7. The van der Waals surface area contributed by atoms with Crippen molar-refractivity contribution in [3.63, 3.8) is 0 Å². The van der Waals surface area contributed by atoms with E-state index in [-0.39, 0.29) is 0 Å². The van der Waals surface area contributed by atoms with E-state index in [0.29, 0.717) is 0 Å². The number of para-hydroxylation sites is 1. The molecule has 0 bridgehead atoms. The van der Waals surface area contributed by atoms with Gasteiger partial charge in [-0.3, -0.25) is 0 Å². The summed E-state index contributed by atoms with van der Waals surface area (Å²) in [4.78, 5) is 4.36. The highest BCUT2D eigenvalue weighted by Crippen LogP contribution is 2.19. The smallest absolute Gasteiger partial charge is 0.128 e. The van der Waals surface area contributed by atoms with Crippen molar-refractivity contribution < 1.29 is 4.74 Å². The summed E-state index contributed by atoms with van der Waals surface area (Å²) in [6, 6.07) is 10.1. The highest BCUT2D eigenvalue weighted by atomic mass is 79.9. The van der Waals surface area contributed by atoms with E-state index in [1.807, 2.05) is 25.1 Å². The average Bonchev–Trinajstić information content (AvgIpc) is 2.42. The normalized spacial score (nSPS) is 10.3. The molecular formula is C15H17BrN2O. The van der Waals surface area contributed by atoms with Crippen LogP contribution in [0.1, 0.15) is 11.1 Å². The van der Waals surface area contributed by atoms with Gasteiger partial charge in [-0.15, -0.1) is 0 Å². The molecule has 1 heterocycles. The number of hydrogen-bond acceptors (Lipinski definition) is 3. The number of benzene rings is 1. The first-order valence-electron chi connectivity index (χ1n) is 6.18. The molecule has 19 heavy (non-hydrogen) atoms. The van der Waals surface area contributed by atoms with Crippen LogP contribution in [0.5, 0.6) is 5.75 Å². The van der Waals surface area contributed by atoms with Gasteiger partial charge < -0.3 is 10.1 Å². The Labute approximate surface area is 122 Å². The Morgan fingerprint density at radius 3 is 2.84 bits per heavy atom. The maximum Gasteiger partial charge on any atom is 0.128 e. The van der Waals surface area contributed by atoms with Gasteiger partial charge in [-0.25, -0.2) is 4.98 Å². The van der Waals surface area contributed by atoms with Crippen molar-refractivity contribution in [2.45, 2.75) is 13.3 Å². The highest BCUT2D eigenvalue weighted by molar-refractivity contribution is 9.10. The van der Waals surface area contributed by atoms with E-state index in [1.54, 1.807) is 13.3 Å². The van der Waals surface area contributed by atoms with Gasteiger partial charge in [0.25, 0.3) is 0 Å². The number of hydrogen-bond donors (Lipinski definition) is 1. The lowest BCUT2D eigenvalue weighted by Gasteiger charge is -2.11. The molecule has 0 aliphatic rings. The Balaban J connectivity index is 1.96. The molecule has 0 unspecified atom stereocenters. The fraction of sp³-hybridized carbons (Fsp3) is 0.267. The lowest BCUT2D eigenvalue weighted by Crippen LogP contribution is -2.08. The van der Waals surface area contributed by atoms with Gasteiger partial charge in [-0.2, -0.15) is 0 Å². The first kappa shape index (κ1) is 13.9. The summed E-state index contributed by atoms with van der Waals surface area (Å²) < 4.78 is 6.34. The molecule has 0 saturated carbocycles. The van der Waals surface area contributed by atoms with E-state index in [9.17, 15) is 0 Å². The lowest BCUT2D eigenvalue weighted by molar-refractivity contribution is 0.410. The number of methoxy groups -OCH3 is 1. The molecule has 2 rings (SSSR count). The molecule has 0 aliphatic heterocycles. The van der Waals surface area contributed by atoms with Gasteiger partial charge in [0.2, 0.25) is 0 Å². The van der Waals surface area contributed by atoms with Crippen LogP contribution in [0.2, 0.25) is 0 Å². The van der Waals surface area contributed by atoms with Crippen LogP contribution in [0.3, 0.4) is 0 Å². The Morgan fingerprint density at radius 1 is 1.32 bits per heavy atom. The topological polar surface area (TPSA) is 34.1 Å². The number of halogens is 1. The number of nitrogens with one attached hydrogen (secondary N) is 1. The Hall–Kier alpha value is -1.55. The molecule has 100 valence electrons. The van der Waals surface area contributed by atoms with Gasteiger partial charge in [0.15, 0.2) is 0 Å². The average molecular weight is 321 g/mol. The summed E-state index contributed by atoms with van der Waals surface area (Å²) >= 11 is 3.41. The quantitative estimate of drug-likeness (QED) is 0.909. The molecule has 0 fully saturated rings. The number of ether oxygens (including phenoxy) is 1. The minimum Gasteiger partial charge on any atom is -0.496 e. The number of anilines is 1. The predicted octanol–water partition coefficient (Wildman–Crippen LogP) is 3.82. The van der Waals surface area contributed by atoms with Crippen molar-refractivity contribution in [3.8, 4) is 5.75 Å². The number of aromatic nitrogens is 1. The van der Waals surface area contributed by atoms with Gasteiger partial charge >= 0.3 is 0 Å². The summed E-state index contributed by atoms with van der Waals surface area (Å²) in [7, 11) is 1.70. The lowest BCUT2D eigenvalue weighted by atomic mass is 10.1. The number of rotatable bonds is 5. The monoisotopic (exact) mass is 320 g/mol. The minimum absolute atomic E-state index is 0.829. The molecule has 4 heteroatoms. The third-order valence-electron chi connectivity index (χ3n) is 2.92. The van der Waals surface area contributed by atoms with Gasteiger partial charge in [0, 0.05) is 17.2 Å². The first-order chi connectivity index (χ1) is 9.20. The van der Waals surface area contributed by atoms with Gasteiger partial charge in [-0.1, -0.05) is 18.2 Å². The molecule has 3 nitrogen and oxygen atoms in total. The third-order valence-corrected chi connectivity index (χ3v) is 3.36. The molecule has 1 aromatic heterocycles. The number of pyridine rings is 1. The summed E-state index contributed by atoms with van der Waals surface area (Å²) in [5.41, 5.74) is 2.33. The molecule has 1 N–H and O–H groups in total.